The van der Waals surface area contributed by atoms with Crippen molar-refractivity contribution in [2.24, 2.45) is 0 Å². The van der Waals surface area contributed by atoms with Crippen molar-refractivity contribution < 1.29 is 19.1 Å². The van der Waals surface area contributed by atoms with E-state index in [1.165, 1.54) is 23.8 Å². The minimum absolute atomic E-state index is 0.242. The maximum atomic E-state index is 12.3. The number of hydrogen-bond acceptors (Lipinski definition) is 5. The van der Waals surface area contributed by atoms with Crippen LogP contribution in [0, 0.1) is 0 Å². The monoisotopic (exact) mass is 463 g/mol. The van der Waals surface area contributed by atoms with Crippen LogP contribution in [0.25, 0.3) is 0 Å². The quantitative estimate of drug-likeness (QED) is 0.638. The van der Waals surface area contributed by atoms with E-state index >= 15 is 0 Å². The molecule has 0 bridgehead atoms. The molecule has 2 aromatic carbocycles. The van der Waals surface area contributed by atoms with Gasteiger partial charge in [-0.3, -0.25) is 19.3 Å². The first kappa shape index (κ1) is 23.1. The fourth-order valence-electron chi connectivity index (χ4n) is 3.17. The van der Waals surface area contributed by atoms with Crippen molar-refractivity contribution in [3.63, 3.8) is 0 Å². The first-order chi connectivity index (χ1) is 14.9. The van der Waals surface area contributed by atoms with E-state index in [1.807, 2.05) is 18.2 Å². The van der Waals surface area contributed by atoms with E-state index in [1.54, 1.807) is 4.90 Å². The molecule has 164 valence electrons. The van der Waals surface area contributed by atoms with Gasteiger partial charge in [0.1, 0.15) is 6.54 Å². The van der Waals surface area contributed by atoms with Gasteiger partial charge in [0.05, 0.1) is 10.0 Å². The van der Waals surface area contributed by atoms with Gasteiger partial charge in [0.15, 0.2) is 6.61 Å². The SMILES string of the molecule is O=C(CNC(=O)c1ccc(Cl)c(Cl)c1)OCC(=O)N1CCN(Cc2ccccc2)CC1. The van der Waals surface area contributed by atoms with Gasteiger partial charge in [-0.15, -0.1) is 0 Å². The summed E-state index contributed by atoms with van der Waals surface area (Å²) < 4.78 is 5.00. The number of rotatable bonds is 7. The first-order valence-electron chi connectivity index (χ1n) is 9.85. The second kappa shape index (κ2) is 11.1. The molecule has 0 saturated carbocycles. The summed E-state index contributed by atoms with van der Waals surface area (Å²) in [6.45, 7) is 2.82. The van der Waals surface area contributed by atoms with Crippen molar-refractivity contribution in [2.45, 2.75) is 6.54 Å². The fraction of sp³-hybridized carbons (Fsp3) is 0.318. The average molecular weight is 464 g/mol. The zero-order valence-corrected chi connectivity index (χ0v) is 18.4. The van der Waals surface area contributed by atoms with Gasteiger partial charge in [0.2, 0.25) is 0 Å². The molecule has 1 N–H and O–H groups in total. The van der Waals surface area contributed by atoms with Gasteiger partial charge in [-0.25, -0.2) is 0 Å². The Kier molecular flexibility index (Phi) is 8.28. The molecule has 31 heavy (non-hydrogen) atoms. The molecule has 9 heteroatoms. The van der Waals surface area contributed by atoms with E-state index in [-0.39, 0.29) is 29.6 Å². The van der Waals surface area contributed by atoms with Crippen LogP contribution in [0.2, 0.25) is 10.0 Å². The summed E-state index contributed by atoms with van der Waals surface area (Å²) in [5.74, 6) is -1.43. The molecule has 1 aliphatic rings. The number of hydrogen-bond donors (Lipinski definition) is 1. The van der Waals surface area contributed by atoms with Gasteiger partial charge in [0.25, 0.3) is 11.8 Å². The highest BCUT2D eigenvalue weighted by Crippen LogP contribution is 2.22. The molecule has 2 amide bonds. The number of amides is 2. The van der Waals surface area contributed by atoms with Crippen LogP contribution in [-0.4, -0.2) is 66.9 Å². The van der Waals surface area contributed by atoms with Crippen LogP contribution in [0.4, 0.5) is 0 Å². The molecule has 7 nitrogen and oxygen atoms in total. The molecule has 3 rings (SSSR count). The predicted molar refractivity (Wildman–Crippen MR) is 118 cm³/mol. The lowest BCUT2D eigenvalue weighted by Crippen LogP contribution is -2.49. The highest BCUT2D eigenvalue weighted by molar-refractivity contribution is 6.42. The number of benzene rings is 2. The Morgan fingerprint density at radius 1 is 0.935 bits per heavy atom. The summed E-state index contributed by atoms with van der Waals surface area (Å²) >= 11 is 11.7. The second-order valence-corrected chi connectivity index (χ2v) is 7.93. The summed E-state index contributed by atoms with van der Waals surface area (Å²) in [4.78, 5) is 40.2. The smallest absolute Gasteiger partial charge is 0.325 e. The molecule has 0 spiro atoms. The number of halogens is 2. The number of nitrogens with one attached hydrogen (secondary N) is 1. The molecule has 1 fully saturated rings. The fourth-order valence-corrected chi connectivity index (χ4v) is 3.47. The lowest BCUT2D eigenvalue weighted by atomic mass is 10.2. The van der Waals surface area contributed by atoms with Crippen molar-refractivity contribution in [3.05, 3.63) is 69.7 Å². The highest BCUT2D eigenvalue weighted by Gasteiger charge is 2.22. The summed E-state index contributed by atoms with van der Waals surface area (Å²) in [6, 6.07) is 14.6. The predicted octanol–water partition coefficient (Wildman–Crippen LogP) is 2.61. The molecular weight excluding hydrogens is 441 g/mol. The Morgan fingerprint density at radius 2 is 1.65 bits per heavy atom. The summed E-state index contributed by atoms with van der Waals surface area (Å²) in [5, 5.41) is 3.00. The summed E-state index contributed by atoms with van der Waals surface area (Å²) in [5.41, 5.74) is 1.51. The van der Waals surface area contributed by atoms with E-state index < -0.39 is 11.9 Å². The zero-order chi connectivity index (χ0) is 22.2. The Balaban J connectivity index is 1.35. The van der Waals surface area contributed by atoms with Crippen molar-refractivity contribution in [1.82, 2.24) is 15.1 Å². The van der Waals surface area contributed by atoms with Gasteiger partial charge in [-0.1, -0.05) is 53.5 Å². The minimum atomic E-state index is -0.690. The lowest BCUT2D eigenvalue weighted by Gasteiger charge is -2.34. The van der Waals surface area contributed by atoms with Crippen molar-refractivity contribution in [2.75, 3.05) is 39.3 Å². The van der Waals surface area contributed by atoms with Gasteiger partial charge in [0, 0.05) is 38.3 Å². The summed E-state index contributed by atoms with van der Waals surface area (Å²) in [7, 11) is 0. The van der Waals surface area contributed by atoms with Crippen LogP contribution in [0.15, 0.2) is 48.5 Å². The van der Waals surface area contributed by atoms with E-state index in [4.69, 9.17) is 27.9 Å². The number of ether oxygens (including phenoxy) is 1. The Morgan fingerprint density at radius 3 is 2.32 bits per heavy atom. The standard InChI is InChI=1S/C22H23Cl2N3O4/c23-18-7-6-17(12-19(18)24)22(30)25-13-21(29)31-15-20(28)27-10-8-26(9-11-27)14-16-4-2-1-3-5-16/h1-7,12H,8-11,13-15H2,(H,25,30). The minimum Gasteiger partial charge on any atom is -0.454 e. The Hall–Kier alpha value is -2.61. The highest BCUT2D eigenvalue weighted by atomic mass is 35.5. The number of nitrogens with zero attached hydrogens (tertiary/aromatic N) is 2. The van der Waals surface area contributed by atoms with Crippen molar-refractivity contribution >= 4 is 41.0 Å². The maximum absolute atomic E-state index is 12.3. The van der Waals surface area contributed by atoms with Crippen LogP contribution in [0.3, 0.4) is 0 Å². The van der Waals surface area contributed by atoms with Gasteiger partial charge in [-0.05, 0) is 23.8 Å². The third kappa shape index (κ3) is 6.95. The van der Waals surface area contributed by atoms with Crippen LogP contribution in [-0.2, 0) is 20.9 Å². The third-order valence-corrected chi connectivity index (χ3v) is 5.64. The van der Waals surface area contributed by atoms with E-state index in [0.29, 0.717) is 18.1 Å². The number of esters is 1. The molecule has 1 heterocycles. The number of carbonyl (C=O) groups is 3. The molecule has 2 aromatic rings. The first-order valence-corrected chi connectivity index (χ1v) is 10.6. The van der Waals surface area contributed by atoms with E-state index in [9.17, 15) is 14.4 Å². The van der Waals surface area contributed by atoms with Crippen molar-refractivity contribution in [1.29, 1.82) is 0 Å². The van der Waals surface area contributed by atoms with E-state index in [2.05, 4.69) is 22.3 Å². The largest absolute Gasteiger partial charge is 0.454 e. The molecule has 0 radical (unpaired) electrons. The molecule has 1 saturated heterocycles. The lowest BCUT2D eigenvalue weighted by molar-refractivity contribution is -0.151. The van der Waals surface area contributed by atoms with Crippen LogP contribution < -0.4 is 5.32 Å². The van der Waals surface area contributed by atoms with Crippen LogP contribution >= 0.6 is 23.2 Å². The molecule has 0 aliphatic carbocycles. The third-order valence-electron chi connectivity index (χ3n) is 4.91. The molecular formula is C22H23Cl2N3O4. The van der Waals surface area contributed by atoms with Crippen molar-refractivity contribution in [3.8, 4) is 0 Å². The number of piperazine rings is 1. The molecule has 0 aromatic heterocycles. The van der Waals surface area contributed by atoms with E-state index in [0.717, 1.165) is 19.6 Å². The Bertz CT molecular complexity index is 932. The zero-order valence-electron chi connectivity index (χ0n) is 16.9. The molecule has 0 unspecified atom stereocenters. The van der Waals surface area contributed by atoms with Gasteiger partial charge < -0.3 is 15.0 Å². The van der Waals surface area contributed by atoms with Gasteiger partial charge in [-0.2, -0.15) is 0 Å². The maximum Gasteiger partial charge on any atom is 0.325 e. The Labute approximate surface area is 190 Å². The van der Waals surface area contributed by atoms with Gasteiger partial charge >= 0.3 is 5.97 Å². The molecule has 0 atom stereocenters. The molecule has 1 aliphatic heterocycles. The summed E-state index contributed by atoms with van der Waals surface area (Å²) in [6.07, 6.45) is 0. The normalized spacial score (nSPS) is 14.2. The van der Waals surface area contributed by atoms with Crippen LogP contribution in [0.5, 0.6) is 0 Å². The topological polar surface area (TPSA) is 78.9 Å². The average Bonchev–Trinajstić information content (AvgIpc) is 2.79. The van der Waals surface area contributed by atoms with Crippen LogP contribution in [0.1, 0.15) is 15.9 Å². The second-order valence-electron chi connectivity index (χ2n) is 7.11. The number of carbonyl (C=O) groups excluding carboxylic acids is 3.